The van der Waals surface area contributed by atoms with E-state index >= 15 is 0 Å². The fourth-order valence-corrected chi connectivity index (χ4v) is 3.61. The van der Waals surface area contributed by atoms with Crippen LogP contribution in [0.5, 0.6) is 5.75 Å². The Hall–Kier alpha value is -2.16. The third kappa shape index (κ3) is 5.11. The maximum absolute atomic E-state index is 10.5. The van der Waals surface area contributed by atoms with Crippen molar-refractivity contribution in [1.29, 1.82) is 0 Å². The molecule has 0 unspecified atom stereocenters. The minimum atomic E-state index is -1.40. The van der Waals surface area contributed by atoms with Crippen LogP contribution in [0, 0.1) is 0 Å². The Balaban J connectivity index is 1.83. The van der Waals surface area contributed by atoms with Crippen LogP contribution in [0.3, 0.4) is 0 Å². The van der Waals surface area contributed by atoms with Gasteiger partial charge in [-0.15, -0.1) is 0 Å². The molecule has 0 amide bonds. The van der Waals surface area contributed by atoms with Crippen molar-refractivity contribution in [2.24, 2.45) is 5.16 Å². The van der Waals surface area contributed by atoms with Crippen LogP contribution >= 0.6 is 11.6 Å². The molecule has 1 aliphatic heterocycles. The van der Waals surface area contributed by atoms with Gasteiger partial charge in [0.25, 0.3) is 0 Å². The van der Waals surface area contributed by atoms with Crippen LogP contribution in [0.2, 0.25) is 5.02 Å². The summed E-state index contributed by atoms with van der Waals surface area (Å²) in [6, 6.07) is 13.0. The molecule has 3 N–H and O–H groups in total. The van der Waals surface area contributed by atoms with E-state index in [2.05, 4.69) is 9.99 Å². The van der Waals surface area contributed by atoms with Crippen LogP contribution in [0.15, 0.2) is 47.6 Å². The second-order valence-electron chi connectivity index (χ2n) is 7.03. The molecule has 1 heterocycles. The number of hydrogen-bond donors (Lipinski definition) is 3. The van der Waals surface area contributed by atoms with Gasteiger partial charge in [-0.05, 0) is 48.2 Å². The van der Waals surface area contributed by atoms with Gasteiger partial charge >= 0.3 is 0 Å². The van der Waals surface area contributed by atoms with E-state index in [4.69, 9.17) is 21.1 Å². The Morgan fingerprint density at radius 3 is 2.47 bits per heavy atom. The van der Waals surface area contributed by atoms with Crippen molar-refractivity contribution in [2.75, 3.05) is 13.7 Å². The number of aliphatic hydroxyl groups is 3. The Morgan fingerprint density at radius 1 is 1.07 bits per heavy atom. The van der Waals surface area contributed by atoms with Gasteiger partial charge in [0.1, 0.15) is 43.4 Å². The highest BCUT2D eigenvalue weighted by Gasteiger charge is 2.43. The Morgan fingerprint density at radius 2 is 1.80 bits per heavy atom. The Labute approximate surface area is 180 Å². The van der Waals surface area contributed by atoms with Crippen LogP contribution in [0.4, 0.5) is 0 Å². The minimum absolute atomic E-state index is 0.571. The first-order chi connectivity index (χ1) is 14.4. The van der Waals surface area contributed by atoms with Crippen molar-refractivity contribution in [1.82, 2.24) is 0 Å². The molecule has 2 aromatic rings. The molecule has 1 fully saturated rings. The van der Waals surface area contributed by atoms with Crippen molar-refractivity contribution in [3.63, 3.8) is 0 Å². The summed E-state index contributed by atoms with van der Waals surface area (Å²) in [7, 11) is 1.36. The lowest BCUT2D eigenvalue weighted by Crippen LogP contribution is -2.54. The van der Waals surface area contributed by atoms with E-state index in [1.165, 1.54) is 13.3 Å². The minimum Gasteiger partial charge on any atom is -0.494 e. The molecule has 0 saturated carbocycles. The molecule has 5 atom stereocenters. The summed E-state index contributed by atoms with van der Waals surface area (Å²) >= 11 is 6.40. The topological polar surface area (TPSA) is 101 Å². The third-order valence-corrected chi connectivity index (χ3v) is 5.36. The molecule has 162 valence electrons. The van der Waals surface area contributed by atoms with E-state index in [-0.39, 0.29) is 0 Å². The molecule has 7 nitrogen and oxygen atoms in total. The maximum atomic E-state index is 10.5. The lowest BCUT2D eigenvalue weighted by molar-refractivity contribution is -0.205. The molecule has 0 aromatic heterocycles. The summed E-state index contributed by atoms with van der Waals surface area (Å²) in [5.74, 6) is 0.802. The molecule has 0 aliphatic carbocycles. The van der Waals surface area contributed by atoms with Gasteiger partial charge in [0.15, 0.2) is 0 Å². The summed E-state index contributed by atoms with van der Waals surface area (Å²) in [4.78, 5) is 4.63. The highest BCUT2D eigenvalue weighted by molar-refractivity contribution is 6.31. The number of benzene rings is 2. The van der Waals surface area contributed by atoms with Gasteiger partial charge in [-0.3, -0.25) is 0 Å². The van der Waals surface area contributed by atoms with Gasteiger partial charge < -0.3 is 29.6 Å². The van der Waals surface area contributed by atoms with E-state index in [0.29, 0.717) is 23.6 Å². The van der Waals surface area contributed by atoms with Gasteiger partial charge in [0, 0.05) is 5.02 Å². The lowest BCUT2D eigenvalue weighted by Gasteiger charge is -2.39. The molecule has 30 heavy (non-hydrogen) atoms. The third-order valence-electron chi connectivity index (χ3n) is 4.99. The summed E-state index contributed by atoms with van der Waals surface area (Å²) in [6.07, 6.45) is -4.02. The van der Waals surface area contributed by atoms with Gasteiger partial charge in [0.2, 0.25) is 0 Å². The highest BCUT2D eigenvalue weighted by atomic mass is 35.5. The quantitative estimate of drug-likeness (QED) is 0.456. The highest BCUT2D eigenvalue weighted by Crippen LogP contribution is 2.34. The van der Waals surface area contributed by atoms with Gasteiger partial charge in [-0.2, -0.15) is 0 Å². The SMILES string of the molecule is CCOc1ccc(Cc2cc([C@@H]3O[C@H](/C=N/OC)[C@@H](O)[C@H](O)[C@H]3O)ccc2Cl)cc1. The van der Waals surface area contributed by atoms with Gasteiger partial charge in [-0.25, -0.2) is 0 Å². The zero-order valence-electron chi connectivity index (χ0n) is 16.8. The van der Waals surface area contributed by atoms with Crippen molar-refractivity contribution < 1.29 is 29.6 Å². The van der Waals surface area contributed by atoms with E-state index in [1.807, 2.05) is 37.3 Å². The first kappa shape index (κ1) is 22.5. The van der Waals surface area contributed by atoms with E-state index in [1.54, 1.807) is 12.1 Å². The molecule has 1 saturated heterocycles. The van der Waals surface area contributed by atoms with Crippen LogP contribution < -0.4 is 4.74 Å². The lowest BCUT2D eigenvalue weighted by atomic mass is 9.90. The molecule has 8 heteroatoms. The Bertz CT molecular complexity index is 859. The van der Waals surface area contributed by atoms with Crippen molar-refractivity contribution in [3.8, 4) is 5.75 Å². The normalized spacial score (nSPS) is 26.7. The first-order valence-corrected chi connectivity index (χ1v) is 10.1. The summed E-state index contributed by atoms with van der Waals surface area (Å²) in [5, 5.41) is 35.1. The fourth-order valence-electron chi connectivity index (χ4n) is 3.42. The predicted molar refractivity (Wildman–Crippen MR) is 113 cm³/mol. The van der Waals surface area contributed by atoms with Gasteiger partial charge in [0.05, 0.1) is 12.8 Å². The van der Waals surface area contributed by atoms with Crippen molar-refractivity contribution >= 4 is 17.8 Å². The van der Waals surface area contributed by atoms with Crippen LogP contribution in [0.1, 0.15) is 29.7 Å². The summed E-state index contributed by atoms with van der Waals surface area (Å²) < 4.78 is 11.3. The molecule has 3 rings (SSSR count). The maximum Gasteiger partial charge on any atom is 0.125 e. The molecule has 0 radical (unpaired) electrons. The first-order valence-electron chi connectivity index (χ1n) is 9.71. The summed E-state index contributed by atoms with van der Waals surface area (Å²) in [5.41, 5.74) is 2.52. The molecule has 0 bridgehead atoms. The largest absolute Gasteiger partial charge is 0.494 e. The predicted octanol–water partition coefficient (Wildman–Crippen LogP) is 2.48. The standard InChI is InChI=1S/C22H26ClNO6/c1-3-29-16-7-4-13(5-8-16)10-15-11-14(6-9-17(15)23)22-21(27)20(26)19(25)18(30-22)12-24-28-2/h4-9,11-12,18-22,25-27H,3,10H2,1-2H3/b24-12+/t18-,19-,20+,21-,22+/m1/s1. The number of oxime groups is 1. The number of hydrogen-bond acceptors (Lipinski definition) is 7. The molecule has 0 spiro atoms. The number of halogens is 1. The summed E-state index contributed by atoms with van der Waals surface area (Å²) in [6.45, 7) is 2.54. The number of rotatable bonds is 7. The Kier molecular flexibility index (Phi) is 7.69. The van der Waals surface area contributed by atoms with Crippen LogP contribution in [-0.4, -0.2) is 59.7 Å². The van der Waals surface area contributed by atoms with Crippen LogP contribution in [0.25, 0.3) is 0 Å². The fraction of sp³-hybridized carbons (Fsp3) is 0.409. The van der Waals surface area contributed by atoms with E-state index in [0.717, 1.165) is 16.9 Å². The average Bonchev–Trinajstić information content (AvgIpc) is 2.75. The molecular weight excluding hydrogens is 410 g/mol. The number of ether oxygens (including phenoxy) is 2. The van der Waals surface area contributed by atoms with E-state index < -0.39 is 30.5 Å². The average molecular weight is 436 g/mol. The van der Waals surface area contributed by atoms with Crippen molar-refractivity contribution in [3.05, 3.63) is 64.2 Å². The number of aliphatic hydroxyl groups excluding tert-OH is 3. The monoisotopic (exact) mass is 435 g/mol. The van der Waals surface area contributed by atoms with Crippen LogP contribution in [-0.2, 0) is 16.0 Å². The molecule has 2 aromatic carbocycles. The molecular formula is C22H26ClNO6. The number of nitrogens with zero attached hydrogens (tertiary/aromatic N) is 1. The second kappa shape index (κ2) is 10.2. The van der Waals surface area contributed by atoms with Gasteiger partial charge in [-0.1, -0.05) is 41.0 Å². The second-order valence-corrected chi connectivity index (χ2v) is 7.44. The smallest absolute Gasteiger partial charge is 0.125 e. The molecule has 1 aliphatic rings. The van der Waals surface area contributed by atoms with E-state index in [9.17, 15) is 15.3 Å². The zero-order chi connectivity index (χ0) is 21.7. The van der Waals surface area contributed by atoms with Crippen molar-refractivity contribution in [2.45, 2.75) is 43.9 Å². The zero-order valence-corrected chi connectivity index (χ0v) is 17.6.